The average molecular weight is 273 g/mol. The molecule has 0 spiro atoms. The number of rotatable bonds is 1. The Balaban J connectivity index is 2.10. The van der Waals surface area contributed by atoms with E-state index < -0.39 is 11.7 Å². The van der Waals surface area contributed by atoms with Gasteiger partial charge in [0.1, 0.15) is 0 Å². The number of alkyl halides is 3. The van der Waals surface area contributed by atoms with Gasteiger partial charge in [-0.15, -0.1) is 0 Å². The van der Waals surface area contributed by atoms with Crippen molar-refractivity contribution < 1.29 is 17.9 Å². The summed E-state index contributed by atoms with van der Waals surface area (Å²) in [5.74, 6) is 0.388. The molecule has 0 amide bonds. The highest BCUT2D eigenvalue weighted by atomic mass is 19.4. The van der Waals surface area contributed by atoms with E-state index >= 15 is 0 Å². The molecule has 1 heterocycles. The molecule has 0 saturated carbocycles. The molecule has 1 aliphatic rings. The van der Waals surface area contributed by atoms with Crippen LogP contribution in [0.1, 0.15) is 31.1 Å². The molecule has 0 aromatic heterocycles. The number of nitrogens with one attached hydrogen (secondary N) is 1. The zero-order chi connectivity index (χ0) is 14.0. The van der Waals surface area contributed by atoms with Gasteiger partial charge in [-0.25, -0.2) is 0 Å². The summed E-state index contributed by atoms with van der Waals surface area (Å²) in [5, 5.41) is 3.34. The zero-order valence-electron chi connectivity index (χ0n) is 11.0. The van der Waals surface area contributed by atoms with Gasteiger partial charge in [-0.2, -0.15) is 13.2 Å². The minimum absolute atomic E-state index is 0.185. The number of ether oxygens (including phenoxy) is 1. The molecule has 0 radical (unpaired) electrons. The van der Waals surface area contributed by atoms with E-state index in [4.69, 9.17) is 4.74 Å². The maximum absolute atomic E-state index is 12.5. The van der Waals surface area contributed by atoms with Gasteiger partial charge in [0, 0.05) is 12.6 Å². The Kier molecular flexibility index (Phi) is 4.16. The molecular weight excluding hydrogens is 255 g/mol. The van der Waals surface area contributed by atoms with Crippen LogP contribution >= 0.6 is 0 Å². The predicted octanol–water partition coefficient (Wildman–Crippen LogP) is 3.39. The monoisotopic (exact) mass is 273 g/mol. The third kappa shape index (κ3) is 3.48. The number of hydrogen-bond donors (Lipinski definition) is 1. The molecule has 1 fully saturated rings. The summed E-state index contributed by atoms with van der Waals surface area (Å²) in [7, 11) is 0. The van der Waals surface area contributed by atoms with Crippen LogP contribution in [0.4, 0.5) is 13.2 Å². The minimum Gasteiger partial charge on any atom is -0.372 e. The lowest BCUT2D eigenvalue weighted by Crippen LogP contribution is -2.32. The van der Waals surface area contributed by atoms with Gasteiger partial charge in [-0.3, -0.25) is 0 Å². The molecule has 2 rings (SSSR count). The smallest absolute Gasteiger partial charge is 0.372 e. The van der Waals surface area contributed by atoms with Crippen LogP contribution in [-0.4, -0.2) is 19.2 Å². The van der Waals surface area contributed by atoms with Crippen LogP contribution < -0.4 is 5.32 Å². The highest BCUT2D eigenvalue weighted by Gasteiger charge is 2.30. The normalized spacial score (nSPS) is 29.0. The van der Waals surface area contributed by atoms with Gasteiger partial charge in [0.25, 0.3) is 0 Å². The van der Waals surface area contributed by atoms with E-state index in [0.29, 0.717) is 25.1 Å². The molecule has 19 heavy (non-hydrogen) atoms. The Morgan fingerprint density at radius 2 is 1.79 bits per heavy atom. The Morgan fingerprint density at radius 3 is 2.37 bits per heavy atom. The van der Waals surface area contributed by atoms with Crippen LogP contribution in [0.2, 0.25) is 0 Å². The highest BCUT2D eigenvalue weighted by molar-refractivity contribution is 5.26. The van der Waals surface area contributed by atoms with Gasteiger partial charge in [0.05, 0.1) is 18.3 Å². The zero-order valence-corrected chi connectivity index (χ0v) is 11.0. The first-order valence-corrected chi connectivity index (χ1v) is 6.40. The fourth-order valence-electron chi connectivity index (χ4n) is 2.07. The van der Waals surface area contributed by atoms with E-state index in [2.05, 4.69) is 19.2 Å². The number of hydrogen-bond acceptors (Lipinski definition) is 2. The van der Waals surface area contributed by atoms with E-state index in [-0.39, 0.29) is 6.10 Å². The van der Waals surface area contributed by atoms with Gasteiger partial charge in [-0.05, 0) is 30.5 Å². The van der Waals surface area contributed by atoms with Gasteiger partial charge < -0.3 is 10.1 Å². The fourth-order valence-corrected chi connectivity index (χ4v) is 2.07. The van der Waals surface area contributed by atoms with Crippen molar-refractivity contribution in [3.63, 3.8) is 0 Å². The summed E-state index contributed by atoms with van der Waals surface area (Å²) >= 11 is 0. The topological polar surface area (TPSA) is 21.3 Å². The van der Waals surface area contributed by atoms with Crippen molar-refractivity contribution in [2.24, 2.45) is 5.92 Å². The number of benzene rings is 1. The van der Waals surface area contributed by atoms with Crippen molar-refractivity contribution in [3.05, 3.63) is 35.4 Å². The molecule has 3 atom stereocenters. The summed E-state index contributed by atoms with van der Waals surface area (Å²) in [4.78, 5) is 0. The molecule has 1 aromatic rings. The Morgan fingerprint density at radius 1 is 1.16 bits per heavy atom. The first-order chi connectivity index (χ1) is 8.88. The standard InChI is InChI=1S/C14H18F3NO/c1-9-8-19-13(7-18-10(9)2)11-3-5-12(6-4-11)14(15,16)17/h3-6,9-10,13,18H,7-8H2,1-2H3. The summed E-state index contributed by atoms with van der Waals surface area (Å²) in [6.45, 7) is 5.41. The van der Waals surface area contributed by atoms with Crippen molar-refractivity contribution >= 4 is 0 Å². The van der Waals surface area contributed by atoms with Crippen LogP contribution in [0.25, 0.3) is 0 Å². The second-order valence-corrected chi connectivity index (χ2v) is 5.12. The molecule has 1 aromatic carbocycles. The molecule has 0 aliphatic carbocycles. The lowest BCUT2D eigenvalue weighted by atomic mass is 10.1. The largest absolute Gasteiger partial charge is 0.416 e. The molecule has 1 N–H and O–H groups in total. The minimum atomic E-state index is -4.29. The maximum Gasteiger partial charge on any atom is 0.416 e. The molecule has 3 unspecified atom stereocenters. The molecule has 1 aliphatic heterocycles. The van der Waals surface area contributed by atoms with Crippen LogP contribution in [0.5, 0.6) is 0 Å². The van der Waals surface area contributed by atoms with Crippen molar-refractivity contribution in [2.45, 2.75) is 32.2 Å². The quantitative estimate of drug-likeness (QED) is 0.847. The van der Waals surface area contributed by atoms with E-state index in [1.165, 1.54) is 12.1 Å². The first kappa shape index (κ1) is 14.3. The molecule has 5 heteroatoms. The van der Waals surface area contributed by atoms with Gasteiger partial charge >= 0.3 is 6.18 Å². The molecule has 2 nitrogen and oxygen atoms in total. The molecule has 0 bridgehead atoms. The number of halogens is 3. The summed E-state index contributed by atoms with van der Waals surface area (Å²) in [6.07, 6.45) is -4.47. The van der Waals surface area contributed by atoms with Crippen LogP contribution in [0.3, 0.4) is 0 Å². The van der Waals surface area contributed by atoms with Crippen LogP contribution in [0, 0.1) is 5.92 Å². The van der Waals surface area contributed by atoms with E-state index in [0.717, 1.165) is 17.7 Å². The fraction of sp³-hybridized carbons (Fsp3) is 0.571. The van der Waals surface area contributed by atoms with Crippen molar-refractivity contribution in [2.75, 3.05) is 13.2 Å². The van der Waals surface area contributed by atoms with E-state index in [1.807, 2.05) is 0 Å². The van der Waals surface area contributed by atoms with Crippen LogP contribution in [-0.2, 0) is 10.9 Å². The highest BCUT2D eigenvalue weighted by Crippen LogP contribution is 2.30. The van der Waals surface area contributed by atoms with Crippen molar-refractivity contribution in [3.8, 4) is 0 Å². The third-order valence-corrected chi connectivity index (χ3v) is 3.65. The third-order valence-electron chi connectivity index (χ3n) is 3.65. The second-order valence-electron chi connectivity index (χ2n) is 5.12. The van der Waals surface area contributed by atoms with Crippen molar-refractivity contribution in [1.82, 2.24) is 5.32 Å². The lowest BCUT2D eigenvalue weighted by molar-refractivity contribution is -0.137. The van der Waals surface area contributed by atoms with Gasteiger partial charge in [0.2, 0.25) is 0 Å². The van der Waals surface area contributed by atoms with E-state index in [9.17, 15) is 13.2 Å². The van der Waals surface area contributed by atoms with E-state index in [1.54, 1.807) is 0 Å². The first-order valence-electron chi connectivity index (χ1n) is 6.40. The molecule has 106 valence electrons. The second kappa shape index (κ2) is 5.51. The summed E-state index contributed by atoms with van der Waals surface area (Å²) in [6, 6.07) is 5.55. The molecule has 1 saturated heterocycles. The summed E-state index contributed by atoms with van der Waals surface area (Å²) in [5.41, 5.74) is 0.154. The summed E-state index contributed by atoms with van der Waals surface area (Å²) < 4.78 is 43.2. The van der Waals surface area contributed by atoms with Crippen LogP contribution in [0.15, 0.2) is 24.3 Å². The maximum atomic E-state index is 12.5. The SMILES string of the molecule is CC1COC(c2ccc(C(F)(F)F)cc2)CNC1C. The Bertz CT molecular complexity index is 404. The van der Waals surface area contributed by atoms with Gasteiger partial charge in [-0.1, -0.05) is 19.1 Å². The predicted molar refractivity (Wildman–Crippen MR) is 66.8 cm³/mol. The lowest BCUT2D eigenvalue weighted by Gasteiger charge is -2.16. The average Bonchev–Trinajstić information content (AvgIpc) is 2.52. The Labute approximate surface area is 111 Å². The molecular formula is C14H18F3NO. The van der Waals surface area contributed by atoms with Crippen molar-refractivity contribution in [1.29, 1.82) is 0 Å². The Hall–Kier alpha value is -1.07. The van der Waals surface area contributed by atoms with Gasteiger partial charge in [0.15, 0.2) is 0 Å².